The molecule has 0 bridgehead atoms. The van der Waals surface area contributed by atoms with E-state index in [1.807, 2.05) is 0 Å². The number of rotatable bonds is 8. The monoisotopic (exact) mass is 294 g/mol. The first kappa shape index (κ1) is 17.0. The molecule has 21 heavy (non-hydrogen) atoms. The minimum atomic E-state index is -0.757. The predicted molar refractivity (Wildman–Crippen MR) is 80.1 cm³/mol. The van der Waals surface area contributed by atoms with Gasteiger partial charge >= 0.3 is 11.8 Å². The molecular formula is C15H22N2O4. The van der Waals surface area contributed by atoms with Crippen molar-refractivity contribution >= 4 is 17.5 Å². The molecule has 6 heteroatoms. The predicted octanol–water partition coefficient (Wildman–Crippen LogP) is 1.65. The van der Waals surface area contributed by atoms with Crippen LogP contribution in [0.2, 0.25) is 0 Å². The summed E-state index contributed by atoms with van der Waals surface area (Å²) in [5, 5.41) is 14.2. The van der Waals surface area contributed by atoms with Gasteiger partial charge in [0, 0.05) is 31.5 Å². The van der Waals surface area contributed by atoms with E-state index in [4.69, 9.17) is 4.74 Å². The molecule has 0 atom stereocenters. The zero-order valence-electron chi connectivity index (χ0n) is 12.2. The largest absolute Gasteiger partial charge is 0.508 e. The Hall–Kier alpha value is -2.08. The summed E-state index contributed by atoms with van der Waals surface area (Å²) in [6.45, 7) is 3.77. The quantitative estimate of drug-likeness (QED) is 0.502. The summed E-state index contributed by atoms with van der Waals surface area (Å²) in [4.78, 5) is 23.1. The third kappa shape index (κ3) is 7.31. The number of carbonyl (C=O) groups excluding carboxylic acids is 2. The van der Waals surface area contributed by atoms with Gasteiger partial charge in [-0.25, -0.2) is 0 Å². The van der Waals surface area contributed by atoms with Gasteiger partial charge in [0.1, 0.15) is 5.75 Å². The average Bonchev–Trinajstić information content (AvgIpc) is 2.46. The summed E-state index contributed by atoms with van der Waals surface area (Å²) in [5.74, 6) is -1.43. The van der Waals surface area contributed by atoms with Gasteiger partial charge < -0.3 is 20.5 Å². The Balaban J connectivity index is 2.18. The molecule has 0 aliphatic heterocycles. The standard InChI is InChI=1S/C15H22N2O4/c1-2-3-9-21-10-5-8-16-14(19)15(20)17-12-6-4-7-13(18)11-12/h4,6-7,11,18H,2-3,5,8-10H2,1H3,(H,16,19)(H,17,20). The van der Waals surface area contributed by atoms with E-state index >= 15 is 0 Å². The number of hydrogen-bond donors (Lipinski definition) is 3. The number of nitrogens with one attached hydrogen (secondary N) is 2. The lowest BCUT2D eigenvalue weighted by atomic mass is 10.3. The first-order chi connectivity index (χ1) is 10.1. The Morgan fingerprint density at radius 3 is 2.67 bits per heavy atom. The lowest BCUT2D eigenvalue weighted by molar-refractivity contribution is -0.136. The van der Waals surface area contributed by atoms with Crippen LogP contribution in [0.3, 0.4) is 0 Å². The highest BCUT2D eigenvalue weighted by atomic mass is 16.5. The fourth-order valence-corrected chi connectivity index (χ4v) is 1.58. The molecule has 116 valence electrons. The molecule has 0 heterocycles. The Kier molecular flexibility index (Phi) is 7.89. The van der Waals surface area contributed by atoms with E-state index in [1.54, 1.807) is 12.1 Å². The molecule has 6 nitrogen and oxygen atoms in total. The minimum Gasteiger partial charge on any atom is -0.508 e. The Morgan fingerprint density at radius 1 is 1.19 bits per heavy atom. The van der Waals surface area contributed by atoms with Gasteiger partial charge in [-0.05, 0) is 25.0 Å². The van der Waals surface area contributed by atoms with Crippen molar-refractivity contribution < 1.29 is 19.4 Å². The van der Waals surface area contributed by atoms with E-state index in [9.17, 15) is 14.7 Å². The average molecular weight is 294 g/mol. The molecule has 1 aromatic rings. The van der Waals surface area contributed by atoms with Crippen LogP contribution in [0, 0.1) is 0 Å². The van der Waals surface area contributed by atoms with Crippen LogP contribution in [0.1, 0.15) is 26.2 Å². The van der Waals surface area contributed by atoms with Crippen LogP contribution in [0.15, 0.2) is 24.3 Å². The van der Waals surface area contributed by atoms with E-state index in [2.05, 4.69) is 17.6 Å². The highest BCUT2D eigenvalue weighted by molar-refractivity contribution is 6.39. The zero-order chi connectivity index (χ0) is 15.5. The Morgan fingerprint density at radius 2 is 1.95 bits per heavy atom. The van der Waals surface area contributed by atoms with Gasteiger partial charge in [-0.2, -0.15) is 0 Å². The van der Waals surface area contributed by atoms with Crippen LogP contribution >= 0.6 is 0 Å². The third-order valence-electron chi connectivity index (χ3n) is 2.70. The summed E-state index contributed by atoms with van der Waals surface area (Å²) in [7, 11) is 0. The number of phenols is 1. The number of ether oxygens (including phenoxy) is 1. The van der Waals surface area contributed by atoms with Crippen LogP contribution in [0.5, 0.6) is 5.75 Å². The number of carbonyl (C=O) groups is 2. The van der Waals surface area contributed by atoms with Crippen LogP contribution in [-0.2, 0) is 14.3 Å². The van der Waals surface area contributed by atoms with Crippen molar-refractivity contribution in [1.82, 2.24) is 5.32 Å². The lowest BCUT2D eigenvalue weighted by Gasteiger charge is -2.07. The van der Waals surface area contributed by atoms with Gasteiger partial charge in [0.25, 0.3) is 0 Å². The summed E-state index contributed by atoms with van der Waals surface area (Å²) < 4.78 is 5.35. The molecule has 0 aliphatic carbocycles. The molecule has 0 aliphatic rings. The van der Waals surface area contributed by atoms with Crippen molar-refractivity contribution in [3.05, 3.63) is 24.3 Å². The normalized spacial score (nSPS) is 10.1. The SMILES string of the molecule is CCCCOCCCNC(=O)C(=O)Nc1cccc(O)c1. The number of unbranched alkanes of at least 4 members (excludes halogenated alkanes) is 1. The molecule has 0 spiro atoms. The lowest BCUT2D eigenvalue weighted by Crippen LogP contribution is -2.36. The molecule has 3 N–H and O–H groups in total. The van der Waals surface area contributed by atoms with Gasteiger partial charge in [-0.15, -0.1) is 0 Å². The maximum atomic E-state index is 11.6. The number of benzene rings is 1. The summed E-state index contributed by atoms with van der Waals surface area (Å²) in [5.41, 5.74) is 0.373. The van der Waals surface area contributed by atoms with Crippen molar-refractivity contribution in [2.24, 2.45) is 0 Å². The van der Waals surface area contributed by atoms with E-state index in [-0.39, 0.29) is 5.75 Å². The molecule has 0 saturated carbocycles. The summed E-state index contributed by atoms with van der Waals surface area (Å²) >= 11 is 0. The summed E-state index contributed by atoms with van der Waals surface area (Å²) in [6, 6.07) is 6.02. The van der Waals surface area contributed by atoms with E-state index < -0.39 is 11.8 Å². The second-order valence-corrected chi connectivity index (χ2v) is 4.58. The molecule has 0 unspecified atom stereocenters. The third-order valence-corrected chi connectivity index (χ3v) is 2.70. The summed E-state index contributed by atoms with van der Waals surface area (Å²) in [6.07, 6.45) is 2.78. The smallest absolute Gasteiger partial charge is 0.313 e. The first-order valence-electron chi connectivity index (χ1n) is 7.09. The van der Waals surface area contributed by atoms with Gasteiger partial charge in [0.2, 0.25) is 0 Å². The highest BCUT2D eigenvalue weighted by Gasteiger charge is 2.12. The molecule has 2 amide bonds. The van der Waals surface area contributed by atoms with Crippen LogP contribution in [0.4, 0.5) is 5.69 Å². The van der Waals surface area contributed by atoms with Gasteiger partial charge in [-0.1, -0.05) is 19.4 Å². The molecule has 1 aromatic carbocycles. The number of hydrogen-bond acceptors (Lipinski definition) is 4. The van der Waals surface area contributed by atoms with Crippen LogP contribution < -0.4 is 10.6 Å². The van der Waals surface area contributed by atoms with Gasteiger partial charge in [0.05, 0.1) is 0 Å². The van der Waals surface area contributed by atoms with Crippen LogP contribution in [-0.4, -0.2) is 36.7 Å². The van der Waals surface area contributed by atoms with Crippen molar-refractivity contribution in [3.8, 4) is 5.75 Å². The highest BCUT2D eigenvalue weighted by Crippen LogP contribution is 2.14. The second kappa shape index (κ2) is 9.77. The first-order valence-corrected chi connectivity index (χ1v) is 7.09. The van der Waals surface area contributed by atoms with Crippen LogP contribution in [0.25, 0.3) is 0 Å². The number of aromatic hydroxyl groups is 1. The molecule has 0 radical (unpaired) electrons. The van der Waals surface area contributed by atoms with Crippen molar-refractivity contribution in [2.75, 3.05) is 25.1 Å². The molecular weight excluding hydrogens is 272 g/mol. The maximum Gasteiger partial charge on any atom is 0.313 e. The number of phenolic OH excluding ortho intramolecular Hbond substituents is 1. The van der Waals surface area contributed by atoms with Crippen molar-refractivity contribution in [1.29, 1.82) is 0 Å². The zero-order valence-corrected chi connectivity index (χ0v) is 12.2. The molecule has 1 rings (SSSR count). The van der Waals surface area contributed by atoms with Crippen molar-refractivity contribution in [2.45, 2.75) is 26.2 Å². The Labute approximate surface area is 124 Å². The molecule has 0 saturated heterocycles. The maximum absolute atomic E-state index is 11.6. The van der Waals surface area contributed by atoms with E-state index in [1.165, 1.54) is 12.1 Å². The van der Waals surface area contributed by atoms with Crippen molar-refractivity contribution in [3.63, 3.8) is 0 Å². The van der Waals surface area contributed by atoms with E-state index in [0.717, 1.165) is 19.4 Å². The fourth-order valence-electron chi connectivity index (χ4n) is 1.58. The minimum absolute atomic E-state index is 0.0254. The number of anilines is 1. The van der Waals surface area contributed by atoms with E-state index in [0.29, 0.717) is 25.3 Å². The molecule has 0 aromatic heterocycles. The Bertz CT molecular complexity index is 463. The van der Waals surface area contributed by atoms with Gasteiger partial charge in [-0.3, -0.25) is 9.59 Å². The fraction of sp³-hybridized carbons (Fsp3) is 0.467. The second-order valence-electron chi connectivity index (χ2n) is 4.58. The number of amides is 2. The van der Waals surface area contributed by atoms with Gasteiger partial charge in [0.15, 0.2) is 0 Å². The molecule has 0 fully saturated rings. The topological polar surface area (TPSA) is 87.7 Å².